The van der Waals surface area contributed by atoms with Gasteiger partial charge in [-0.1, -0.05) is 12.5 Å². The van der Waals surface area contributed by atoms with Gasteiger partial charge in [-0.25, -0.2) is 9.78 Å². The maximum absolute atomic E-state index is 12.2. The van der Waals surface area contributed by atoms with Crippen LogP contribution in [0.15, 0.2) is 18.3 Å². The number of amides is 2. The molecule has 0 spiro atoms. The molecule has 21 heavy (non-hydrogen) atoms. The van der Waals surface area contributed by atoms with Gasteiger partial charge in [0.2, 0.25) is 0 Å². The van der Waals surface area contributed by atoms with Crippen LogP contribution >= 0.6 is 0 Å². The quantitative estimate of drug-likeness (QED) is 0.780. The molecule has 0 aromatic carbocycles. The van der Waals surface area contributed by atoms with E-state index in [0.29, 0.717) is 24.8 Å². The molecule has 1 aromatic rings. The number of β-amino-alcohol motifs (C(OH)–C–C–N with tert-alkyl or cyclic N) is 1. The van der Waals surface area contributed by atoms with Crippen molar-refractivity contribution in [3.63, 3.8) is 0 Å². The molecule has 114 valence electrons. The monoisotopic (exact) mass is 290 g/mol. The third-order valence-electron chi connectivity index (χ3n) is 4.57. The highest BCUT2D eigenvalue weighted by molar-refractivity contribution is 5.88. The zero-order valence-corrected chi connectivity index (χ0v) is 12.2. The van der Waals surface area contributed by atoms with Crippen LogP contribution in [0.5, 0.6) is 0 Å². The lowest BCUT2D eigenvalue weighted by Crippen LogP contribution is -2.46. The second-order valence-electron chi connectivity index (χ2n) is 5.94. The minimum atomic E-state index is -0.519. The first-order valence-electron chi connectivity index (χ1n) is 7.53. The summed E-state index contributed by atoms with van der Waals surface area (Å²) in [5, 5.41) is 15.7. The molecule has 2 amide bonds. The van der Waals surface area contributed by atoms with Gasteiger partial charge < -0.3 is 15.3 Å². The Bertz CT molecular complexity index is 501. The first-order valence-corrected chi connectivity index (χ1v) is 7.53. The van der Waals surface area contributed by atoms with Crippen molar-refractivity contribution < 1.29 is 9.90 Å². The lowest BCUT2D eigenvalue weighted by molar-refractivity contribution is 0.115. The molecule has 0 radical (unpaired) electrons. The molecule has 2 heterocycles. The third-order valence-corrected chi connectivity index (χ3v) is 4.57. The smallest absolute Gasteiger partial charge is 0.323 e. The molecule has 3 N–H and O–H groups in total. The molecule has 3 rings (SSSR count). The van der Waals surface area contributed by atoms with Gasteiger partial charge in [0.25, 0.3) is 0 Å². The summed E-state index contributed by atoms with van der Waals surface area (Å²) < 4.78 is 0. The molecular formula is C15H22N4O2. The normalized spacial score (nSPS) is 25.4. The van der Waals surface area contributed by atoms with Crippen molar-refractivity contribution in [2.45, 2.75) is 37.3 Å². The minimum absolute atomic E-state index is 0.195. The second-order valence-corrected chi connectivity index (χ2v) is 5.94. The van der Waals surface area contributed by atoms with Crippen LogP contribution < -0.4 is 10.6 Å². The molecule has 1 aliphatic carbocycles. The summed E-state index contributed by atoms with van der Waals surface area (Å²) in [5.74, 6) is 1.19. The minimum Gasteiger partial charge on any atom is -0.390 e. The number of pyridine rings is 1. The fraction of sp³-hybridized carbons (Fsp3) is 0.600. The molecule has 0 unspecified atom stereocenters. The summed E-state index contributed by atoms with van der Waals surface area (Å²) in [4.78, 5) is 18.0. The number of nitrogens with one attached hydrogen (secondary N) is 2. The number of hydrogen-bond acceptors (Lipinski definition) is 4. The number of nitrogens with zero attached hydrogens (tertiary/aromatic N) is 2. The SMILES string of the molecule is CN(C(=O)Nc1ccc(C2CCC2)cn1)[C@H]1CNC[C@@H]1O. The van der Waals surface area contributed by atoms with Gasteiger partial charge in [0.1, 0.15) is 5.82 Å². The second kappa shape index (κ2) is 5.99. The van der Waals surface area contributed by atoms with Gasteiger partial charge in [0.05, 0.1) is 12.1 Å². The van der Waals surface area contributed by atoms with Crippen molar-refractivity contribution in [3.8, 4) is 0 Å². The zero-order valence-electron chi connectivity index (χ0n) is 12.2. The lowest BCUT2D eigenvalue weighted by atomic mass is 9.81. The summed E-state index contributed by atoms with van der Waals surface area (Å²) in [6.07, 6.45) is 5.11. The lowest BCUT2D eigenvalue weighted by Gasteiger charge is -2.27. The zero-order chi connectivity index (χ0) is 14.8. The van der Waals surface area contributed by atoms with Gasteiger partial charge in [-0.05, 0) is 30.4 Å². The number of aromatic nitrogens is 1. The molecule has 1 aliphatic heterocycles. The molecule has 2 aliphatic rings. The summed E-state index contributed by atoms with van der Waals surface area (Å²) >= 11 is 0. The highest BCUT2D eigenvalue weighted by atomic mass is 16.3. The Hall–Kier alpha value is -1.66. The molecule has 1 saturated heterocycles. The number of likely N-dealkylation sites (N-methyl/N-ethyl adjacent to an activating group) is 1. The van der Waals surface area contributed by atoms with Gasteiger partial charge in [-0.2, -0.15) is 0 Å². The number of anilines is 1. The van der Waals surface area contributed by atoms with Crippen LogP contribution in [-0.4, -0.2) is 53.3 Å². The van der Waals surface area contributed by atoms with E-state index in [9.17, 15) is 9.90 Å². The Labute approximate surface area is 124 Å². The van der Waals surface area contributed by atoms with Crippen LogP contribution in [0.2, 0.25) is 0 Å². The highest BCUT2D eigenvalue weighted by Crippen LogP contribution is 2.36. The Morgan fingerprint density at radius 3 is 2.76 bits per heavy atom. The molecule has 6 heteroatoms. The molecule has 2 atom stereocenters. The van der Waals surface area contributed by atoms with E-state index in [-0.39, 0.29) is 12.1 Å². The van der Waals surface area contributed by atoms with Crippen LogP contribution in [0.1, 0.15) is 30.7 Å². The van der Waals surface area contributed by atoms with Crippen LogP contribution in [0.4, 0.5) is 10.6 Å². The van der Waals surface area contributed by atoms with Gasteiger partial charge in [0.15, 0.2) is 0 Å². The predicted octanol–water partition coefficient (Wildman–Crippen LogP) is 1.15. The molecule has 1 aromatic heterocycles. The van der Waals surface area contributed by atoms with E-state index in [1.54, 1.807) is 7.05 Å². The topological polar surface area (TPSA) is 77.5 Å². The van der Waals surface area contributed by atoms with E-state index in [1.165, 1.54) is 29.7 Å². The number of aliphatic hydroxyl groups is 1. The number of urea groups is 1. The van der Waals surface area contributed by atoms with Crippen molar-refractivity contribution in [1.82, 2.24) is 15.2 Å². The number of hydrogen-bond donors (Lipinski definition) is 3. The summed E-state index contributed by atoms with van der Waals surface area (Å²) in [6.45, 7) is 1.13. The molecular weight excluding hydrogens is 268 g/mol. The largest absolute Gasteiger partial charge is 0.390 e. The van der Waals surface area contributed by atoms with Crippen molar-refractivity contribution >= 4 is 11.8 Å². The summed E-state index contributed by atoms with van der Waals surface area (Å²) in [5.41, 5.74) is 1.25. The van der Waals surface area contributed by atoms with E-state index in [2.05, 4.69) is 15.6 Å². The maximum atomic E-state index is 12.2. The maximum Gasteiger partial charge on any atom is 0.323 e. The van der Waals surface area contributed by atoms with Crippen LogP contribution in [-0.2, 0) is 0 Å². The van der Waals surface area contributed by atoms with E-state index < -0.39 is 6.10 Å². The van der Waals surface area contributed by atoms with Crippen LogP contribution in [0, 0.1) is 0 Å². The van der Waals surface area contributed by atoms with E-state index in [4.69, 9.17) is 0 Å². The molecule has 1 saturated carbocycles. The number of carbonyl (C=O) groups is 1. The molecule has 0 bridgehead atoms. The van der Waals surface area contributed by atoms with Gasteiger partial charge >= 0.3 is 6.03 Å². The highest BCUT2D eigenvalue weighted by Gasteiger charge is 2.31. The Morgan fingerprint density at radius 1 is 1.43 bits per heavy atom. The van der Waals surface area contributed by atoms with Gasteiger partial charge in [-0.15, -0.1) is 0 Å². The summed E-state index contributed by atoms with van der Waals surface area (Å²) in [7, 11) is 1.69. The Kier molecular flexibility index (Phi) is 4.07. The fourth-order valence-corrected chi connectivity index (χ4v) is 2.86. The van der Waals surface area contributed by atoms with Crippen LogP contribution in [0.25, 0.3) is 0 Å². The van der Waals surface area contributed by atoms with Gasteiger partial charge in [0, 0.05) is 26.3 Å². The van der Waals surface area contributed by atoms with Crippen molar-refractivity contribution in [2.24, 2.45) is 0 Å². The molecule has 6 nitrogen and oxygen atoms in total. The summed E-state index contributed by atoms with van der Waals surface area (Å²) in [6, 6.07) is 3.45. The van der Waals surface area contributed by atoms with E-state index in [0.717, 1.165) is 0 Å². The first-order chi connectivity index (χ1) is 10.1. The number of carbonyl (C=O) groups excluding carboxylic acids is 1. The number of rotatable bonds is 3. The van der Waals surface area contributed by atoms with Crippen molar-refractivity contribution in [3.05, 3.63) is 23.9 Å². The predicted molar refractivity (Wildman–Crippen MR) is 80.3 cm³/mol. The average Bonchev–Trinajstić information content (AvgIpc) is 2.84. The fourth-order valence-electron chi connectivity index (χ4n) is 2.86. The van der Waals surface area contributed by atoms with E-state index >= 15 is 0 Å². The third kappa shape index (κ3) is 3.01. The average molecular weight is 290 g/mol. The molecule has 2 fully saturated rings. The van der Waals surface area contributed by atoms with Gasteiger partial charge in [-0.3, -0.25) is 5.32 Å². The first kappa shape index (κ1) is 14.3. The standard InChI is InChI=1S/C15H22N4O2/c1-19(12-8-16-9-13(12)20)15(21)18-14-6-5-11(7-17-14)10-3-2-4-10/h5-7,10,12-13,16,20H,2-4,8-9H2,1H3,(H,17,18,21)/t12-,13-/m0/s1. The Balaban J connectivity index is 1.58. The van der Waals surface area contributed by atoms with Crippen LogP contribution in [0.3, 0.4) is 0 Å². The Morgan fingerprint density at radius 2 is 2.24 bits per heavy atom. The number of aliphatic hydroxyl groups excluding tert-OH is 1. The van der Waals surface area contributed by atoms with Crippen molar-refractivity contribution in [2.75, 3.05) is 25.5 Å². The van der Waals surface area contributed by atoms with E-state index in [1.807, 2.05) is 18.3 Å². The van der Waals surface area contributed by atoms with Crippen molar-refractivity contribution in [1.29, 1.82) is 0 Å².